The maximum atomic E-state index is 2.29. The highest BCUT2D eigenvalue weighted by Gasteiger charge is 2.21. The van der Waals surface area contributed by atoms with Gasteiger partial charge in [-0.05, 0) is 0 Å². The second kappa shape index (κ2) is 3.73. The molecular weight excluding hydrogens is 108 g/mol. The quantitative estimate of drug-likeness (QED) is 0.397. The molecule has 0 amide bonds. The summed E-state index contributed by atoms with van der Waals surface area (Å²) in [5.41, 5.74) is 0. The summed E-state index contributed by atoms with van der Waals surface area (Å²) in [5, 5.41) is 0. The monoisotopic (exact) mass is 122 g/mol. The van der Waals surface area contributed by atoms with E-state index in [1.54, 1.807) is 17.4 Å². The summed E-state index contributed by atoms with van der Waals surface area (Å²) < 4.78 is 2.92. The minimum atomic E-state index is 0.446. The fourth-order valence-corrected chi connectivity index (χ4v) is 3.27. The van der Waals surface area contributed by atoms with Crippen molar-refractivity contribution in [1.29, 1.82) is 0 Å². The van der Waals surface area contributed by atoms with E-state index in [9.17, 15) is 0 Å². The molecule has 0 atom stereocenters. The van der Waals surface area contributed by atoms with Crippen LogP contribution < -0.4 is 0 Å². The van der Waals surface area contributed by atoms with Crippen molar-refractivity contribution in [2.24, 2.45) is 0 Å². The first-order valence-corrected chi connectivity index (χ1v) is 5.75. The van der Waals surface area contributed by atoms with Crippen molar-refractivity contribution in [3.8, 4) is 0 Å². The first-order chi connectivity index (χ1) is 3.93. The largest absolute Gasteiger partial charge is 0.368 e. The zero-order valence-corrected chi connectivity index (χ0v) is 7.23. The van der Waals surface area contributed by atoms with E-state index in [1.807, 2.05) is 0 Å². The molecule has 8 heavy (non-hydrogen) atoms. The lowest BCUT2D eigenvalue weighted by Crippen LogP contribution is -1.85. The SMILES string of the molecule is CCC[CH2][Mg][CH]1CC1. The predicted octanol–water partition coefficient (Wildman–Crippen LogP) is 2.49. The molecule has 0 aromatic rings. The zero-order valence-electron chi connectivity index (χ0n) is 5.82. The molecule has 1 aliphatic carbocycles. The maximum absolute atomic E-state index is 2.29. The minimum Gasteiger partial charge on any atom is -0.145 e. The molecule has 0 spiro atoms. The fourth-order valence-electron chi connectivity index (χ4n) is 1.09. The topological polar surface area (TPSA) is 0 Å². The zero-order chi connectivity index (χ0) is 5.82. The van der Waals surface area contributed by atoms with Gasteiger partial charge in [-0.2, -0.15) is 0 Å². The lowest BCUT2D eigenvalue weighted by Gasteiger charge is -1.89. The molecule has 1 aliphatic rings. The van der Waals surface area contributed by atoms with Crippen molar-refractivity contribution in [2.45, 2.75) is 41.2 Å². The van der Waals surface area contributed by atoms with Gasteiger partial charge in [0.2, 0.25) is 0 Å². The Hall–Kier alpha value is 0.766. The summed E-state index contributed by atoms with van der Waals surface area (Å²) in [7, 11) is 0. The van der Waals surface area contributed by atoms with Gasteiger partial charge in [-0.15, -0.1) is 8.60 Å². The maximum Gasteiger partial charge on any atom is 0.368 e. The standard InChI is InChI=1S/C4H9.C3H5.Mg/c1-3-4-2;1-2-3-1;/h1,3-4H2,2H3;1H,2-3H2;. The molecule has 0 radical (unpaired) electrons. The second-order valence-electron chi connectivity index (χ2n) is 2.94. The van der Waals surface area contributed by atoms with Crippen LogP contribution in [0.25, 0.3) is 0 Å². The van der Waals surface area contributed by atoms with Gasteiger partial charge in [0.05, 0.1) is 0 Å². The Morgan fingerprint density at radius 2 is 2.25 bits per heavy atom. The summed E-state index contributed by atoms with van der Waals surface area (Å²) in [6.45, 7) is 2.29. The number of unbranched alkanes of at least 4 members (excludes halogenated alkanes) is 1. The van der Waals surface area contributed by atoms with Gasteiger partial charge in [0, 0.05) is 0 Å². The van der Waals surface area contributed by atoms with Gasteiger partial charge >= 0.3 is 20.4 Å². The number of hydrogen-bond donors (Lipinski definition) is 0. The van der Waals surface area contributed by atoms with E-state index >= 15 is 0 Å². The summed E-state index contributed by atoms with van der Waals surface area (Å²) in [6.07, 6.45) is 6.12. The van der Waals surface area contributed by atoms with E-state index in [-0.39, 0.29) is 0 Å². The average molecular weight is 122 g/mol. The van der Waals surface area contributed by atoms with Crippen molar-refractivity contribution < 1.29 is 0 Å². The van der Waals surface area contributed by atoms with Crippen LogP contribution in [0.3, 0.4) is 0 Å². The highest BCUT2D eigenvalue weighted by atomic mass is 24.5. The minimum absolute atomic E-state index is 0.446. The van der Waals surface area contributed by atoms with Crippen molar-refractivity contribution in [1.82, 2.24) is 0 Å². The molecular formula is C7H14Mg. The van der Waals surface area contributed by atoms with E-state index < -0.39 is 0 Å². The molecule has 0 aromatic carbocycles. The average Bonchev–Trinajstić information content (AvgIpc) is 2.51. The Balaban J connectivity index is 1.74. The molecule has 0 unspecified atom stereocenters. The van der Waals surface area contributed by atoms with Crippen LogP contribution in [0.4, 0.5) is 0 Å². The van der Waals surface area contributed by atoms with Gasteiger partial charge in [-0.1, -0.05) is 32.6 Å². The van der Waals surface area contributed by atoms with Crippen molar-refractivity contribution in [3.63, 3.8) is 0 Å². The Bertz CT molecular complexity index is 57.4. The molecule has 0 bridgehead atoms. The van der Waals surface area contributed by atoms with Gasteiger partial charge in [0.25, 0.3) is 0 Å². The highest BCUT2D eigenvalue weighted by molar-refractivity contribution is 6.38. The molecule has 1 saturated carbocycles. The molecule has 44 valence electrons. The van der Waals surface area contributed by atoms with Crippen LogP contribution in [0.5, 0.6) is 0 Å². The summed E-state index contributed by atoms with van der Waals surface area (Å²) >= 11 is 0.446. The first-order valence-electron chi connectivity index (χ1n) is 3.93. The Kier molecular flexibility index (Phi) is 3.21. The van der Waals surface area contributed by atoms with E-state index in [0.717, 1.165) is 0 Å². The molecule has 0 aliphatic heterocycles. The molecule has 1 rings (SSSR count). The fraction of sp³-hybridized carbons (Fsp3) is 1.00. The molecule has 1 fully saturated rings. The molecule has 0 aromatic heterocycles. The molecule has 0 heterocycles. The molecule has 0 saturated heterocycles. The van der Waals surface area contributed by atoms with Crippen molar-refractivity contribution in [3.05, 3.63) is 0 Å². The normalized spacial score (nSPS) is 18.1. The Labute approximate surface area is 61.8 Å². The van der Waals surface area contributed by atoms with Crippen LogP contribution in [-0.2, 0) is 0 Å². The van der Waals surface area contributed by atoms with Crippen molar-refractivity contribution in [2.75, 3.05) is 0 Å². The summed E-state index contributed by atoms with van der Waals surface area (Å²) in [6, 6.07) is 0. The van der Waals surface area contributed by atoms with Crippen LogP contribution in [0.1, 0.15) is 32.6 Å². The summed E-state index contributed by atoms with van der Waals surface area (Å²) in [5.74, 6) is 0. The van der Waals surface area contributed by atoms with E-state index in [0.29, 0.717) is 20.4 Å². The van der Waals surface area contributed by atoms with Crippen molar-refractivity contribution >= 4 is 20.4 Å². The smallest absolute Gasteiger partial charge is 0.145 e. The van der Waals surface area contributed by atoms with Gasteiger partial charge in [-0.25, -0.2) is 0 Å². The van der Waals surface area contributed by atoms with E-state index in [2.05, 4.69) is 6.92 Å². The lowest BCUT2D eigenvalue weighted by atomic mass is 10.4. The van der Waals surface area contributed by atoms with Crippen LogP contribution in [0, 0.1) is 0 Å². The second-order valence-corrected chi connectivity index (χ2v) is 5.38. The first kappa shape index (κ1) is 6.88. The lowest BCUT2D eigenvalue weighted by molar-refractivity contribution is 0.876. The molecule has 0 nitrogen and oxygen atoms in total. The van der Waals surface area contributed by atoms with Crippen LogP contribution in [-0.4, -0.2) is 20.4 Å². The Morgan fingerprint density at radius 1 is 1.50 bits per heavy atom. The number of hydrogen-bond acceptors (Lipinski definition) is 0. The van der Waals surface area contributed by atoms with E-state index in [4.69, 9.17) is 0 Å². The van der Waals surface area contributed by atoms with Gasteiger partial charge in [0.15, 0.2) is 0 Å². The third-order valence-corrected chi connectivity index (χ3v) is 4.45. The van der Waals surface area contributed by atoms with Gasteiger partial charge in [-0.3, -0.25) is 0 Å². The Morgan fingerprint density at radius 3 is 2.75 bits per heavy atom. The molecule has 0 N–H and O–H groups in total. The molecule has 1 heteroatoms. The highest BCUT2D eigenvalue weighted by Crippen LogP contribution is 2.35. The van der Waals surface area contributed by atoms with Gasteiger partial charge < -0.3 is 0 Å². The summed E-state index contributed by atoms with van der Waals surface area (Å²) in [4.78, 5) is 0. The third kappa shape index (κ3) is 2.93. The third-order valence-electron chi connectivity index (χ3n) is 1.91. The van der Waals surface area contributed by atoms with Crippen LogP contribution in [0.15, 0.2) is 0 Å². The van der Waals surface area contributed by atoms with Gasteiger partial charge in [0.1, 0.15) is 0 Å². The predicted molar refractivity (Wildman–Crippen MR) is 38.5 cm³/mol. The van der Waals surface area contributed by atoms with Crippen LogP contribution >= 0.6 is 0 Å². The number of rotatable bonds is 4. The van der Waals surface area contributed by atoms with Crippen LogP contribution in [0.2, 0.25) is 8.60 Å². The van der Waals surface area contributed by atoms with E-state index in [1.165, 1.54) is 16.9 Å².